The first kappa shape index (κ1) is 11.1. The van der Waals surface area contributed by atoms with Gasteiger partial charge in [0.2, 0.25) is 0 Å². The third-order valence-corrected chi connectivity index (χ3v) is 2.42. The van der Waals surface area contributed by atoms with E-state index in [1.165, 1.54) is 11.5 Å². The molecule has 16 heavy (non-hydrogen) atoms. The molecule has 0 amide bonds. The Kier molecular flexibility index (Phi) is 3.22. The molecule has 0 radical (unpaired) electrons. The molecule has 0 aliphatic carbocycles. The highest BCUT2D eigenvalue weighted by Gasteiger charge is 2.17. The number of rotatable bonds is 4. The van der Waals surface area contributed by atoms with Crippen molar-refractivity contribution in [1.82, 2.24) is 24.6 Å². The van der Waals surface area contributed by atoms with Crippen molar-refractivity contribution < 1.29 is 4.52 Å². The minimum Gasteiger partial charge on any atom is -0.332 e. The van der Waals surface area contributed by atoms with Crippen LogP contribution < -0.4 is 5.73 Å². The zero-order chi connectivity index (χ0) is 11.5. The van der Waals surface area contributed by atoms with Gasteiger partial charge in [-0.05, 0) is 25.6 Å². The third-order valence-electron chi connectivity index (χ3n) is 1.91. The van der Waals surface area contributed by atoms with Crippen molar-refractivity contribution in [1.29, 1.82) is 0 Å². The van der Waals surface area contributed by atoms with Crippen molar-refractivity contribution in [2.24, 2.45) is 5.73 Å². The van der Waals surface area contributed by atoms with E-state index in [4.69, 9.17) is 10.3 Å². The number of nitrogens with two attached hydrogens (primary N) is 1. The van der Waals surface area contributed by atoms with Crippen LogP contribution in [0.2, 0.25) is 0 Å². The van der Waals surface area contributed by atoms with Crippen LogP contribution in [0.25, 0.3) is 11.6 Å². The Labute approximate surface area is 96.4 Å². The van der Waals surface area contributed by atoms with E-state index in [1.807, 2.05) is 19.0 Å². The van der Waals surface area contributed by atoms with Crippen molar-refractivity contribution in [2.75, 3.05) is 20.6 Å². The van der Waals surface area contributed by atoms with Crippen LogP contribution in [0, 0.1) is 0 Å². The Morgan fingerprint density at radius 3 is 3.00 bits per heavy atom. The fourth-order valence-corrected chi connectivity index (χ4v) is 1.65. The van der Waals surface area contributed by atoms with Gasteiger partial charge in [0.25, 0.3) is 5.89 Å². The van der Waals surface area contributed by atoms with Gasteiger partial charge in [-0.15, -0.1) is 5.10 Å². The van der Waals surface area contributed by atoms with Gasteiger partial charge in [0.15, 0.2) is 11.5 Å². The predicted molar refractivity (Wildman–Crippen MR) is 58.7 cm³/mol. The predicted octanol–water partition coefficient (Wildman–Crippen LogP) is 0.149. The fraction of sp³-hybridized carbons (Fsp3) is 0.500. The van der Waals surface area contributed by atoms with Crippen molar-refractivity contribution in [3.63, 3.8) is 0 Å². The molecular formula is C8H12N6OS. The molecule has 8 heteroatoms. The van der Waals surface area contributed by atoms with Crippen LogP contribution in [0.4, 0.5) is 0 Å². The summed E-state index contributed by atoms with van der Waals surface area (Å²) in [6.07, 6.45) is 0. The Bertz CT molecular complexity index is 439. The van der Waals surface area contributed by atoms with Crippen LogP contribution in [0.3, 0.4) is 0 Å². The van der Waals surface area contributed by atoms with Crippen LogP contribution in [-0.4, -0.2) is 45.3 Å². The Balaban J connectivity index is 2.13. The molecule has 0 saturated heterocycles. The average molecular weight is 240 g/mol. The molecule has 0 bridgehead atoms. The van der Waals surface area contributed by atoms with Crippen LogP contribution >= 0.6 is 11.5 Å². The van der Waals surface area contributed by atoms with Crippen LogP contribution in [0.1, 0.15) is 11.9 Å². The summed E-state index contributed by atoms with van der Waals surface area (Å²) in [7, 11) is 3.87. The SMILES string of the molecule is CN(C)CC(N)c1noc(-c2csnn2)n1. The van der Waals surface area contributed by atoms with Crippen molar-refractivity contribution in [2.45, 2.75) is 6.04 Å². The first-order valence-corrected chi connectivity index (χ1v) is 5.52. The average Bonchev–Trinajstić information content (AvgIpc) is 2.87. The van der Waals surface area contributed by atoms with Crippen molar-refractivity contribution in [3.05, 3.63) is 11.2 Å². The Morgan fingerprint density at radius 1 is 1.56 bits per heavy atom. The lowest BCUT2D eigenvalue weighted by molar-refractivity contribution is 0.357. The molecule has 86 valence electrons. The van der Waals surface area contributed by atoms with E-state index in [2.05, 4.69) is 19.7 Å². The maximum Gasteiger partial charge on any atom is 0.279 e. The summed E-state index contributed by atoms with van der Waals surface area (Å²) in [4.78, 5) is 6.14. The van der Waals surface area contributed by atoms with E-state index < -0.39 is 0 Å². The first-order valence-electron chi connectivity index (χ1n) is 4.68. The molecule has 0 aromatic carbocycles. The number of hydrogen-bond acceptors (Lipinski definition) is 8. The number of nitrogens with zero attached hydrogens (tertiary/aromatic N) is 5. The van der Waals surface area contributed by atoms with E-state index in [-0.39, 0.29) is 6.04 Å². The quantitative estimate of drug-likeness (QED) is 0.812. The zero-order valence-corrected chi connectivity index (χ0v) is 9.81. The largest absolute Gasteiger partial charge is 0.332 e. The van der Waals surface area contributed by atoms with E-state index in [1.54, 1.807) is 5.38 Å². The van der Waals surface area contributed by atoms with Gasteiger partial charge in [0.05, 0.1) is 6.04 Å². The van der Waals surface area contributed by atoms with Gasteiger partial charge in [-0.3, -0.25) is 0 Å². The van der Waals surface area contributed by atoms with Gasteiger partial charge in [-0.25, -0.2) is 0 Å². The normalized spacial score (nSPS) is 13.2. The maximum absolute atomic E-state index is 5.90. The highest BCUT2D eigenvalue weighted by molar-refractivity contribution is 7.03. The highest BCUT2D eigenvalue weighted by Crippen LogP contribution is 2.17. The lowest BCUT2D eigenvalue weighted by Gasteiger charge is -2.12. The summed E-state index contributed by atoms with van der Waals surface area (Å²) in [6, 6.07) is -0.265. The summed E-state index contributed by atoms with van der Waals surface area (Å²) in [5.74, 6) is 0.842. The van der Waals surface area contributed by atoms with Gasteiger partial charge in [-0.2, -0.15) is 4.98 Å². The second kappa shape index (κ2) is 4.64. The molecule has 0 fully saturated rings. The van der Waals surface area contributed by atoms with E-state index in [0.717, 1.165) is 0 Å². The highest BCUT2D eigenvalue weighted by atomic mass is 32.1. The second-order valence-corrected chi connectivity index (χ2v) is 4.23. The summed E-state index contributed by atoms with van der Waals surface area (Å²) in [6.45, 7) is 0.661. The van der Waals surface area contributed by atoms with Gasteiger partial charge in [0, 0.05) is 11.9 Å². The molecular weight excluding hydrogens is 228 g/mol. The summed E-state index contributed by atoms with van der Waals surface area (Å²) in [5, 5.41) is 9.41. The second-order valence-electron chi connectivity index (χ2n) is 3.62. The lowest BCUT2D eigenvalue weighted by atomic mass is 10.3. The number of hydrogen-bond donors (Lipinski definition) is 1. The Hall–Kier alpha value is -1.38. The molecule has 0 saturated carbocycles. The van der Waals surface area contributed by atoms with E-state index in [0.29, 0.717) is 24.0 Å². The molecule has 1 unspecified atom stereocenters. The molecule has 2 N–H and O–H groups in total. The van der Waals surface area contributed by atoms with Gasteiger partial charge < -0.3 is 15.2 Å². The Morgan fingerprint density at radius 2 is 2.38 bits per heavy atom. The smallest absolute Gasteiger partial charge is 0.279 e. The molecule has 1 atom stereocenters. The van der Waals surface area contributed by atoms with Gasteiger partial charge >= 0.3 is 0 Å². The third kappa shape index (κ3) is 2.40. The molecule has 7 nitrogen and oxygen atoms in total. The monoisotopic (exact) mass is 240 g/mol. The minimum absolute atomic E-state index is 0.265. The molecule has 2 rings (SSSR count). The zero-order valence-electron chi connectivity index (χ0n) is 8.99. The molecule has 2 heterocycles. The molecule has 0 aliphatic rings. The van der Waals surface area contributed by atoms with Gasteiger partial charge in [0.1, 0.15) is 0 Å². The van der Waals surface area contributed by atoms with Crippen molar-refractivity contribution >= 4 is 11.5 Å². The molecule has 0 aliphatic heterocycles. The fourth-order valence-electron chi connectivity index (χ4n) is 1.22. The summed E-state index contributed by atoms with van der Waals surface area (Å²) in [5.41, 5.74) is 6.49. The minimum atomic E-state index is -0.265. The number of likely N-dealkylation sites (N-methyl/N-ethyl adjacent to an activating group) is 1. The molecule has 2 aromatic rings. The topological polar surface area (TPSA) is 94.0 Å². The maximum atomic E-state index is 5.90. The van der Waals surface area contributed by atoms with Crippen LogP contribution in [-0.2, 0) is 0 Å². The first-order chi connectivity index (χ1) is 7.66. The van der Waals surface area contributed by atoms with Crippen LogP contribution in [0.15, 0.2) is 9.90 Å². The summed E-state index contributed by atoms with van der Waals surface area (Å²) < 4.78 is 8.78. The van der Waals surface area contributed by atoms with E-state index >= 15 is 0 Å². The summed E-state index contributed by atoms with van der Waals surface area (Å²) >= 11 is 1.23. The van der Waals surface area contributed by atoms with Crippen LogP contribution in [0.5, 0.6) is 0 Å². The van der Waals surface area contributed by atoms with Crippen molar-refractivity contribution in [3.8, 4) is 11.6 Å². The standard InChI is InChI=1S/C8H12N6OS/c1-14(2)3-5(9)7-10-8(15-12-7)6-4-16-13-11-6/h4-5H,3,9H2,1-2H3. The molecule has 0 spiro atoms. The number of aromatic nitrogens is 4. The molecule has 2 aromatic heterocycles. The lowest BCUT2D eigenvalue weighted by Crippen LogP contribution is -2.26. The van der Waals surface area contributed by atoms with E-state index in [9.17, 15) is 0 Å². The van der Waals surface area contributed by atoms with Gasteiger partial charge in [-0.1, -0.05) is 9.64 Å².